The van der Waals surface area contributed by atoms with Crippen LogP contribution in [-0.4, -0.2) is 19.7 Å². The summed E-state index contributed by atoms with van der Waals surface area (Å²) in [5.41, 5.74) is 0. The average Bonchev–Trinajstić information content (AvgIpc) is 2.70. The highest BCUT2D eigenvalue weighted by molar-refractivity contribution is 9.10. The summed E-state index contributed by atoms with van der Waals surface area (Å²) in [6, 6.07) is 8.10. The Balaban J connectivity index is 1.95. The number of halogens is 1. The molecule has 1 fully saturated rings. The van der Waals surface area contributed by atoms with E-state index in [1.165, 1.54) is 19.3 Å². The van der Waals surface area contributed by atoms with Gasteiger partial charge in [0.1, 0.15) is 11.9 Å². The Labute approximate surface area is 106 Å². The highest BCUT2D eigenvalue weighted by atomic mass is 79.9. The van der Waals surface area contributed by atoms with E-state index in [1.54, 1.807) is 0 Å². The fourth-order valence-corrected chi connectivity index (χ4v) is 2.61. The minimum atomic E-state index is 0.383. The van der Waals surface area contributed by atoms with Gasteiger partial charge in [0.25, 0.3) is 0 Å². The van der Waals surface area contributed by atoms with E-state index in [2.05, 4.69) is 21.2 Å². The zero-order valence-corrected chi connectivity index (χ0v) is 11.2. The van der Waals surface area contributed by atoms with Crippen molar-refractivity contribution in [3.63, 3.8) is 0 Å². The minimum absolute atomic E-state index is 0.383. The number of ether oxygens (including phenoxy) is 1. The Bertz CT molecular complexity index is 325. The molecule has 0 spiro atoms. The van der Waals surface area contributed by atoms with Crippen LogP contribution in [0.15, 0.2) is 28.7 Å². The zero-order chi connectivity index (χ0) is 11.4. The summed E-state index contributed by atoms with van der Waals surface area (Å²) < 4.78 is 7.13. The lowest BCUT2D eigenvalue weighted by Crippen LogP contribution is -2.29. The van der Waals surface area contributed by atoms with E-state index in [0.717, 1.165) is 16.8 Å². The van der Waals surface area contributed by atoms with Crippen molar-refractivity contribution in [2.24, 2.45) is 5.92 Å². The Morgan fingerprint density at radius 1 is 1.31 bits per heavy atom. The molecule has 0 bridgehead atoms. The van der Waals surface area contributed by atoms with Gasteiger partial charge in [-0.3, -0.25) is 0 Å². The van der Waals surface area contributed by atoms with Gasteiger partial charge < -0.3 is 10.1 Å². The van der Waals surface area contributed by atoms with E-state index in [0.29, 0.717) is 12.0 Å². The summed E-state index contributed by atoms with van der Waals surface area (Å²) in [4.78, 5) is 0. The third-order valence-electron chi connectivity index (χ3n) is 3.16. The van der Waals surface area contributed by atoms with Crippen molar-refractivity contribution in [1.82, 2.24) is 5.32 Å². The summed E-state index contributed by atoms with van der Waals surface area (Å²) in [6.45, 7) is 1.06. The predicted molar refractivity (Wildman–Crippen MR) is 69.8 cm³/mol. The van der Waals surface area contributed by atoms with Gasteiger partial charge in [0.05, 0.1) is 0 Å². The number of nitrogens with one attached hydrogen (secondary N) is 1. The summed E-state index contributed by atoms with van der Waals surface area (Å²) in [7, 11) is 2.01. The Morgan fingerprint density at radius 2 is 2.06 bits per heavy atom. The largest absolute Gasteiger partial charge is 0.490 e. The minimum Gasteiger partial charge on any atom is -0.490 e. The SMILES string of the molecule is CNCC1CCCC1Oc1ccc(Br)cc1. The first-order valence-electron chi connectivity index (χ1n) is 5.86. The van der Waals surface area contributed by atoms with Gasteiger partial charge in [0.2, 0.25) is 0 Å². The highest BCUT2D eigenvalue weighted by Crippen LogP contribution is 2.29. The molecule has 0 amide bonds. The predicted octanol–water partition coefficient (Wildman–Crippen LogP) is 3.22. The number of hydrogen-bond donors (Lipinski definition) is 1. The molecule has 2 nitrogen and oxygen atoms in total. The summed E-state index contributed by atoms with van der Waals surface area (Å²) in [5, 5.41) is 3.25. The first-order chi connectivity index (χ1) is 7.79. The molecule has 0 radical (unpaired) electrons. The smallest absolute Gasteiger partial charge is 0.119 e. The lowest BCUT2D eigenvalue weighted by Gasteiger charge is -2.21. The second-order valence-corrected chi connectivity index (χ2v) is 5.27. The third-order valence-corrected chi connectivity index (χ3v) is 3.69. The maximum absolute atomic E-state index is 6.03. The van der Waals surface area contributed by atoms with E-state index in [1.807, 2.05) is 31.3 Å². The molecule has 2 unspecified atom stereocenters. The standard InChI is InChI=1S/C13H18BrNO/c1-15-9-10-3-2-4-13(10)16-12-7-5-11(14)6-8-12/h5-8,10,13,15H,2-4,9H2,1H3. The van der Waals surface area contributed by atoms with Crippen LogP contribution < -0.4 is 10.1 Å². The Kier molecular flexibility index (Phi) is 4.24. The van der Waals surface area contributed by atoms with Gasteiger partial charge in [0, 0.05) is 16.9 Å². The van der Waals surface area contributed by atoms with Gasteiger partial charge in [-0.15, -0.1) is 0 Å². The van der Waals surface area contributed by atoms with E-state index in [-0.39, 0.29) is 0 Å². The molecule has 0 heterocycles. The molecule has 3 heteroatoms. The zero-order valence-electron chi connectivity index (χ0n) is 9.58. The third kappa shape index (κ3) is 2.98. The highest BCUT2D eigenvalue weighted by Gasteiger charge is 2.28. The summed E-state index contributed by atoms with van der Waals surface area (Å²) >= 11 is 3.43. The molecule has 16 heavy (non-hydrogen) atoms. The lowest BCUT2D eigenvalue weighted by molar-refractivity contribution is 0.158. The second-order valence-electron chi connectivity index (χ2n) is 4.36. The molecule has 1 aliphatic rings. The van der Waals surface area contributed by atoms with Crippen molar-refractivity contribution >= 4 is 15.9 Å². The van der Waals surface area contributed by atoms with Crippen molar-refractivity contribution < 1.29 is 4.74 Å². The topological polar surface area (TPSA) is 21.3 Å². The van der Waals surface area contributed by atoms with Gasteiger partial charge in [-0.1, -0.05) is 15.9 Å². The van der Waals surface area contributed by atoms with Crippen LogP contribution in [0.25, 0.3) is 0 Å². The van der Waals surface area contributed by atoms with Crippen molar-refractivity contribution in [2.75, 3.05) is 13.6 Å². The summed E-state index contributed by atoms with van der Waals surface area (Å²) in [6.07, 6.45) is 4.13. The molecular weight excluding hydrogens is 266 g/mol. The van der Waals surface area contributed by atoms with Crippen LogP contribution in [0, 0.1) is 5.92 Å². The molecule has 0 saturated heterocycles. The molecule has 1 aromatic rings. The molecule has 1 aliphatic carbocycles. The van der Waals surface area contributed by atoms with Crippen LogP contribution in [-0.2, 0) is 0 Å². The first-order valence-corrected chi connectivity index (χ1v) is 6.65. The van der Waals surface area contributed by atoms with Crippen molar-refractivity contribution in [1.29, 1.82) is 0 Å². The molecule has 1 aromatic carbocycles. The molecular formula is C13H18BrNO. The molecule has 0 aliphatic heterocycles. The quantitative estimate of drug-likeness (QED) is 0.916. The van der Waals surface area contributed by atoms with E-state index < -0.39 is 0 Å². The van der Waals surface area contributed by atoms with Gasteiger partial charge in [0.15, 0.2) is 0 Å². The molecule has 1 saturated carbocycles. The molecule has 88 valence electrons. The number of benzene rings is 1. The lowest BCUT2D eigenvalue weighted by atomic mass is 10.1. The van der Waals surface area contributed by atoms with Crippen molar-refractivity contribution in [2.45, 2.75) is 25.4 Å². The van der Waals surface area contributed by atoms with Gasteiger partial charge in [-0.05, 0) is 50.6 Å². The fraction of sp³-hybridized carbons (Fsp3) is 0.538. The van der Waals surface area contributed by atoms with Gasteiger partial charge in [-0.2, -0.15) is 0 Å². The monoisotopic (exact) mass is 283 g/mol. The van der Waals surface area contributed by atoms with E-state index >= 15 is 0 Å². The molecule has 1 N–H and O–H groups in total. The van der Waals surface area contributed by atoms with Crippen LogP contribution in [0.2, 0.25) is 0 Å². The van der Waals surface area contributed by atoms with Gasteiger partial charge >= 0.3 is 0 Å². The average molecular weight is 284 g/mol. The van der Waals surface area contributed by atoms with Crippen LogP contribution >= 0.6 is 15.9 Å². The van der Waals surface area contributed by atoms with Crippen molar-refractivity contribution in [3.8, 4) is 5.75 Å². The molecule has 0 aromatic heterocycles. The van der Waals surface area contributed by atoms with Crippen LogP contribution in [0.3, 0.4) is 0 Å². The molecule has 2 atom stereocenters. The Hall–Kier alpha value is -0.540. The summed E-state index contributed by atoms with van der Waals surface area (Å²) in [5.74, 6) is 1.64. The van der Waals surface area contributed by atoms with Crippen molar-refractivity contribution in [3.05, 3.63) is 28.7 Å². The van der Waals surface area contributed by atoms with Crippen LogP contribution in [0.1, 0.15) is 19.3 Å². The first kappa shape index (κ1) is 11.9. The molecule has 2 rings (SSSR count). The maximum atomic E-state index is 6.03. The van der Waals surface area contributed by atoms with E-state index in [4.69, 9.17) is 4.74 Å². The van der Waals surface area contributed by atoms with Gasteiger partial charge in [-0.25, -0.2) is 0 Å². The van der Waals surface area contributed by atoms with E-state index in [9.17, 15) is 0 Å². The number of rotatable bonds is 4. The Morgan fingerprint density at radius 3 is 2.75 bits per heavy atom. The number of hydrogen-bond acceptors (Lipinski definition) is 2. The normalized spacial score (nSPS) is 24.6. The fourth-order valence-electron chi connectivity index (χ4n) is 2.34. The van der Waals surface area contributed by atoms with Crippen LogP contribution in [0.4, 0.5) is 0 Å². The second kappa shape index (κ2) is 5.69. The van der Waals surface area contributed by atoms with Crippen LogP contribution in [0.5, 0.6) is 5.75 Å². The maximum Gasteiger partial charge on any atom is 0.119 e.